The Hall–Kier alpha value is -1.90. The van der Waals surface area contributed by atoms with E-state index in [1.165, 1.54) is 30.4 Å². The average Bonchev–Trinajstić information content (AvgIpc) is 2.92. The summed E-state index contributed by atoms with van der Waals surface area (Å²) in [4.78, 5) is 24.8. The Morgan fingerprint density at radius 3 is 2.83 bits per heavy atom. The standard InChI is InChI=1S/C14H12Cl2N6OS/c1-7(13(23)21-11-10(16)3-8(15)4-17-11)24-14-9-5-20-22(2)12(9)18-6-19-14/h3-7H,1-2H3,(H,17,21,23). The fraction of sp³-hybridized carbons (Fsp3) is 0.214. The number of fused-ring (bicyclic) bond motifs is 1. The fourth-order valence-corrected chi connectivity index (χ4v) is 3.29. The van der Waals surface area contributed by atoms with E-state index < -0.39 is 5.25 Å². The zero-order chi connectivity index (χ0) is 17.3. The predicted molar refractivity (Wildman–Crippen MR) is 94.5 cm³/mol. The Balaban J connectivity index is 1.76. The molecular weight excluding hydrogens is 371 g/mol. The molecule has 3 rings (SSSR count). The number of pyridine rings is 1. The monoisotopic (exact) mass is 382 g/mol. The maximum atomic E-state index is 12.4. The Labute approximate surface area is 151 Å². The highest BCUT2D eigenvalue weighted by atomic mass is 35.5. The van der Waals surface area contributed by atoms with E-state index in [4.69, 9.17) is 23.2 Å². The molecule has 1 amide bonds. The van der Waals surface area contributed by atoms with Crippen LogP contribution in [0.1, 0.15) is 6.92 Å². The third-order valence-corrected chi connectivity index (χ3v) is 4.81. The third-order valence-electron chi connectivity index (χ3n) is 3.20. The number of carbonyl (C=O) groups excluding carboxylic acids is 1. The van der Waals surface area contributed by atoms with E-state index in [2.05, 4.69) is 25.4 Å². The van der Waals surface area contributed by atoms with Gasteiger partial charge in [-0.15, -0.1) is 0 Å². The van der Waals surface area contributed by atoms with Crippen LogP contribution in [0.3, 0.4) is 0 Å². The molecule has 3 heterocycles. The van der Waals surface area contributed by atoms with Gasteiger partial charge in [-0.3, -0.25) is 9.48 Å². The van der Waals surface area contributed by atoms with Gasteiger partial charge < -0.3 is 5.32 Å². The highest BCUT2D eigenvalue weighted by Crippen LogP contribution is 2.29. The summed E-state index contributed by atoms with van der Waals surface area (Å²) in [6.45, 7) is 1.77. The largest absolute Gasteiger partial charge is 0.308 e. The van der Waals surface area contributed by atoms with Crippen LogP contribution in [-0.4, -0.2) is 35.9 Å². The molecule has 0 bridgehead atoms. The molecule has 0 saturated heterocycles. The summed E-state index contributed by atoms with van der Waals surface area (Å²) in [6.07, 6.45) is 4.55. The fourth-order valence-electron chi connectivity index (χ4n) is 1.98. The SMILES string of the molecule is CC(Sc1ncnc2c1cnn2C)C(=O)Nc1ncc(Cl)cc1Cl. The number of amides is 1. The molecule has 7 nitrogen and oxygen atoms in total. The Bertz CT molecular complexity index is 915. The molecule has 3 aromatic heterocycles. The van der Waals surface area contributed by atoms with E-state index in [-0.39, 0.29) is 16.7 Å². The van der Waals surface area contributed by atoms with Crippen LogP contribution in [0.2, 0.25) is 10.0 Å². The van der Waals surface area contributed by atoms with E-state index >= 15 is 0 Å². The first-order valence-corrected chi connectivity index (χ1v) is 8.50. The number of nitrogens with one attached hydrogen (secondary N) is 1. The van der Waals surface area contributed by atoms with Crippen LogP contribution in [0.15, 0.2) is 29.8 Å². The Morgan fingerprint density at radius 2 is 2.08 bits per heavy atom. The number of anilines is 1. The molecule has 0 fully saturated rings. The predicted octanol–water partition coefficient (Wildman–Crippen LogP) is 3.18. The summed E-state index contributed by atoms with van der Waals surface area (Å²) in [7, 11) is 1.80. The smallest absolute Gasteiger partial charge is 0.238 e. The van der Waals surface area contributed by atoms with Gasteiger partial charge in [0.2, 0.25) is 5.91 Å². The molecule has 124 valence electrons. The van der Waals surface area contributed by atoms with Crippen molar-refractivity contribution >= 4 is 57.7 Å². The molecule has 1 N–H and O–H groups in total. The Kier molecular flexibility index (Phi) is 4.88. The van der Waals surface area contributed by atoms with Crippen LogP contribution in [0.4, 0.5) is 5.82 Å². The topological polar surface area (TPSA) is 85.6 Å². The van der Waals surface area contributed by atoms with E-state index in [1.54, 1.807) is 24.9 Å². The lowest BCUT2D eigenvalue weighted by atomic mass is 10.4. The number of aryl methyl sites for hydroxylation is 1. The first kappa shape index (κ1) is 16.9. The number of hydrogen-bond acceptors (Lipinski definition) is 6. The number of halogens is 2. The van der Waals surface area contributed by atoms with E-state index in [9.17, 15) is 4.79 Å². The first-order chi connectivity index (χ1) is 11.5. The van der Waals surface area contributed by atoms with Gasteiger partial charge in [-0.2, -0.15) is 5.10 Å². The minimum absolute atomic E-state index is 0.243. The zero-order valence-corrected chi connectivity index (χ0v) is 15.0. The minimum atomic E-state index is -0.420. The van der Waals surface area contributed by atoms with Crippen molar-refractivity contribution in [3.05, 3.63) is 34.8 Å². The summed E-state index contributed by atoms with van der Waals surface area (Å²) in [6, 6.07) is 1.52. The molecule has 0 saturated carbocycles. The molecule has 1 unspecified atom stereocenters. The lowest BCUT2D eigenvalue weighted by molar-refractivity contribution is -0.115. The van der Waals surface area contributed by atoms with Crippen molar-refractivity contribution in [1.82, 2.24) is 24.7 Å². The summed E-state index contributed by atoms with van der Waals surface area (Å²) in [5, 5.41) is 8.59. The molecular formula is C14H12Cl2N6OS. The van der Waals surface area contributed by atoms with Gasteiger partial charge in [0.15, 0.2) is 11.5 Å². The molecule has 0 aliphatic heterocycles. The second-order valence-electron chi connectivity index (χ2n) is 4.92. The van der Waals surface area contributed by atoms with Gasteiger partial charge in [0.05, 0.1) is 26.9 Å². The van der Waals surface area contributed by atoms with Crippen molar-refractivity contribution in [2.24, 2.45) is 7.05 Å². The number of aromatic nitrogens is 5. The molecule has 1 atom stereocenters. The number of hydrogen-bond donors (Lipinski definition) is 1. The lowest BCUT2D eigenvalue weighted by Crippen LogP contribution is -2.23. The number of carbonyl (C=O) groups is 1. The van der Waals surface area contributed by atoms with Gasteiger partial charge in [0.1, 0.15) is 11.4 Å². The Morgan fingerprint density at radius 1 is 1.29 bits per heavy atom. The van der Waals surface area contributed by atoms with Gasteiger partial charge in [-0.25, -0.2) is 15.0 Å². The number of nitrogens with zero attached hydrogens (tertiary/aromatic N) is 5. The maximum Gasteiger partial charge on any atom is 0.238 e. The number of thioether (sulfide) groups is 1. The molecule has 0 spiro atoms. The van der Waals surface area contributed by atoms with Crippen LogP contribution < -0.4 is 5.32 Å². The lowest BCUT2D eigenvalue weighted by Gasteiger charge is -2.12. The van der Waals surface area contributed by atoms with Gasteiger partial charge >= 0.3 is 0 Å². The average molecular weight is 383 g/mol. The van der Waals surface area contributed by atoms with Crippen LogP contribution >= 0.6 is 35.0 Å². The highest BCUT2D eigenvalue weighted by Gasteiger charge is 2.19. The summed E-state index contributed by atoms with van der Waals surface area (Å²) < 4.78 is 1.66. The number of rotatable bonds is 4. The molecule has 0 aromatic carbocycles. The van der Waals surface area contributed by atoms with Gasteiger partial charge in [-0.05, 0) is 13.0 Å². The summed E-state index contributed by atoms with van der Waals surface area (Å²) in [5.74, 6) is 0.0279. The van der Waals surface area contributed by atoms with E-state index in [1.807, 2.05) is 0 Å². The summed E-state index contributed by atoms with van der Waals surface area (Å²) in [5.41, 5.74) is 0.711. The van der Waals surface area contributed by atoms with Gasteiger partial charge in [0, 0.05) is 13.2 Å². The van der Waals surface area contributed by atoms with Gasteiger partial charge in [0.25, 0.3) is 0 Å². The first-order valence-electron chi connectivity index (χ1n) is 6.87. The van der Waals surface area contributed by atoms with Crippen molar-refractivity contribution in [3.8, 4) is 0 Å². The van der Waals surface area contributed by atoms with Crippen LogP contribution in [0, 0.1) is 0 Å². The summed E-state index contributed by atoms with van der Waals surface area (Å²) >= 11 is 13.1. The molecule has 24 heavy (non-hydrogen) atoms. The molecule has 10 heteroatoms. The quantitative estimate of drug-likeness (QED) is 0.550. The van der Waals surface area contributed by atoms with E-state index in [0.29, 0.717) is 15.7 Å². The van der Waals surface area contributed by atoms with E-state index in [0.717, 1.165) is 5.39 Å². The van der Waals surface area contributed by atoms with Crippen LogP contribution in [-0.2, 0) is 11.8 Å². The van der Waals surface area contributed by atoms with Crippen molar-refractivity contribution in [2.75, 3.05) is 5.32 Å². The molecule has 0 radical (unpaired) electrons. The molecule has 3 aromatic rings. The highest BCUT2D eigenvalue weighted by molar-refractivity contribution is 8.00. The van der Waals surface area contributed by atoms with Gasteiger partial charge in [-0.1, -0.05) is 35.0 Å². The second kappa shape index (κ2) is 6.92. The van der Waals surface area contributed by atoms with Crippen molar-refractivity contribution in [3.63, 3.8) is 0 Å². The zero-order valence-electron chi connectivity index (χ0n) is 12.7. The van der Waals surface area contributed by atoms with Crippen LogP contribution in [0.5, 0.6) is 0 Å². The molecule has 0 aliphatic rings. The van der Waals surface area contributed by atoms with Crippen LogP contribution in [0.25, 0.3) is 11.0 Å². The third kappa shape index (κ3) is 3.45. The maximum absolute atomic E-state index is 12.4. The van der Waals surface area contributed by atoms with Crippen molar-refractivity contribution in [1.29, 1.82) is 0 Å². The normalized spacial score (nSPS) is 12.3. The van der Waals surface area contributed by atoms with Crippen molar-refractivity contribution < 1.29 is 4.79 Å². The second-order valence-corrected chi connectivity index (χ2v) is 7.09. The minimum Gasteiger partial charge on any atom is -0.308 e. The van der Waals surface area contributed by atoms with Crippen molar-refractivity contribution in [2.45, 2.75) is 17.2 Å². The molecule has 0 aliphatic carbocycles.